The summed E-state index contributed by atoms with van der Waals surface area (Å²) in [6, 6.07) is 8.92. The molecule has 1 aromatic carbocycles. The van der Waals surface area contributed by atoms with E-state index in [0.29, 0.717) is 13.0 Å². The number of likely N-dealkylation sites (tertiary alicyclic amines) is 1. The molecule has 148 valence electrons. The molecule has 1 aliphatic rings. The number of benzene rings is 1. The molecule has 1 heterocycles. The van der Waals surface area contributed by atoms with Crippen molar-refractivity contribution in [2.75, 3.05) is 27.2 Å². The average Bonchev–Trinajstić information content (AvgIpc) is 2.68. The fraction of sp³-hybridized carbons (Fsp3) is 0.529. The molecule has 1 saturated heterocycles. The van der Waals surface area contributed by atoms with Crippen LogP contribution in [0.25, 0.3) is 0 Å². The molecule has 27 heavy (non-hydrogen) atoms. The number of hydrogen-bond donors (Lipinski definition) is 2. The molecule has 0 spiro atoms. The van der Waals surface area contributed by atoms with Crippen LogP contribution < -0.4 is 10.6 Å². The number of thiocarbonyl (C=S) groups is 1. The first-order valence-electron chi connectivity index (χ1n) is 8.59. The van der Waals surface area contributed by atoms with Crippen LogP contribution in [0.4, 0.5) is 0 Å². The van der Waals surface area contributed by atoms with E-state index >= 15 is 0 Å². The zero-order chi connectivity index (χ0) is 19.8. The molecule has 0 aliphatic carbocycles. The molecular formula is C17H24N4O4S2. The molecule has 0 saturated carbocycles. The Morgan fingerprint density at radius 3 is 2.70 bits per heavy atom. The molecule has 0 aromatic heterocycles. The maximum absolute atomic E-state index is 12.8. The smallest absolute Gasteiger partial charge is 0.311 e. The number of nitrogens with one attached hydrogen (secondary N) is 2. The minimum absolute atomic E-state index is 0.0686. The van der Waals surface area contributed by atoms with Gasteiger partial charge in [0.2, 0.25) is 5.91 Å². The summed E-state index contributed by atoms with van der Waals surface area (Å²) in [5.41, 5.74) is 1.04. The molecule has 1 amide bonds. The molecule has 1 aliphatic heterocycles. The molecule has 2 rings (SSSR count). The third-order valence-electron chi connectivity index (χ3n) is 4.63. The molecule has 0 radical (unpaired) electrons. The van der Waals surface area contributed by atoms with Gasteiger partial charge in [-0.3, -0.25) is 9.69 Å². The van der Waals surface area contributed by atoms with Crippen molar-refractivity contribution in [1.29, 1.82) is 0 Å². The number of hydrogen-bond acceptors (Lipinski definition) is 7. The van der Waals surface area contributed by atoms with Crippen LogP contribution in [0.2, 0.25) is 0 Å². The van der Waals surface area contributed by atoms with E-state index in [0.717, 1.165) is 12.0 Å². The summed E-state index contributed by atoms with van der Waals surface area (Å²) in [5, 5.41) is 5.46. The molecule has 8 nitrogen and oxygen atoms in total. The normalized spacial score (nSPS) is 21.1. The van der Waals surface area contributed by atoms with Crippen LogP contribution in [-0.2, 0) is 20.0 Å². The number of methoxy groups -OCH3 is 1. The molecule has 2 N–H and O–H groups in total. The van der Waals surface area contributed by atoms with Crippen LogP contribution in [0.15, 0.2) is 34.7 Å². The second-order valence-corrected chi connectivity index (χ2v) is 7.26. The highest BCUT2D eigenvalue weighted by Gasteiger charge is 2.37. The Morgan fingerprint density at radius 1 is 1.41 bits per heavy atom. The van der Waals surface area contributed by atoms with Gasteiger partial charge in [-0.05, 0) is 30.6 Å². The Morgan fingerprint density at radius 2 is 2.11 bits per heavy atom. The minimum atomic E-state index is -2.59. The highest BCUT2D eigenvalue weighted by Crippen LogP contribution is 2.33. The van der Waals surface area contributed by atoms with Crippen molar-refractivity contribution in [3.8, 4) is 0 Å². The topological polar surface area (TPSA) is 100 Å². The van der Waals surface area contributed by atoms with Gasteiger partial charge in [0.05, 0.1) is 12.6 Å². The first-order chi connectivity index (χ1) is 13.0. The summed E-state index contributed by atoms with van der Waals surface area (Å²) < 4.78 is 31.0. The third-order valence-corrected chi connectivity index (χ3v) is 5.30. The van der Waals surface area contributed by atoms with Gasteiger partial charge in [0, 0.05) is 26.7 Å². The number of piperidine rings is 1. The number of carbonyl (C=O) groups is 1. The monoisotopic (exact) mass is 412 g/mol. The molecular weight excluding hydrogens is 388 g/mol. The van der Waals surface area contributed by atoms with E-state index in [1.54, 1.807) is 14.2 Å². The predicted octanol–water partition coefficient (Wildman–Crippen LogP) is 0.890. The summed E-state index contributed by atoms with van der Waals surface area (Å²) in [5.74, 6) is -0.389. The van der Waals surface area contributed by atoms with E-state index in [2.05, 4.69) is 15.0 Å². The Balaban J connectivity index is 2.35. The van der Waals surface area contributed by atoms with Crippen LogP contribution in [0, 0.1) is 0 Å². The van der Waals surface area contributed by atoms with Crippen molar-refractivity contribution in [3.63, 3.8) is 0 Å². The van der Waals surface area contributed by atoms with Crippen LogP contribution in [0.5, 0.6) is 0 Å². The van der Waals surface area contributed by atoms with Gasteiger partial charge < -0.3 is 15.4 Å². The Hall–Kier alpha value is -1.88. The fourth-order valence-electron chi connectivity index (χ4n) is 3.27. The van der Waals surface area contributed by atoms with Crippen molar-refractivity contribution in [2.45, 2.75) is 31.0 Å². The van der Waals surface area contributed by atoms with Gasteiger partial charge in [-0.2, -0.15) is 12.8 Å². The van der Waals surface area contributed by atoms with Gasteiger partial charge in [0.15, 0.2) is 5.11 Å². The number of carbonyl (C=O) groups excluding carboxylic acids is 1. The molecule has 3 unspecified atom stereocenters. The maximum atomic E-state index is 12.8. The van der Waals surface area contributed by atoms with Crippen LogP contribution >= 0.6 is 12.2 Å². The fourth-order valence-corrected chi connectivity index (χ4v) is 3.63. The van der Waals surface area contributed by atoms with Gasteiger partial charge in [-0.1, -0.05) is 30.3 Å². The second kappa shape index (κ2) is 10.5. The van der Waals surface area contributed by atoms with Crippen molar-refractivity contribution in [1.82, 2.24) is 15.5 Å². The summed E-state index contributed by atoms with van der Waals surface area (Å²) in [6.07, 6.45) is 1.50. The van der Waals surface area contributed by atoms with E-state index in [1.807, 2.05) is 35.2 Å². The number of amides is 1. The standard InChI is InChI=1S/C17H24N4O4S2/c1-18-17(26)20-16(22)15(11-19-27(23)24)21-9-8-13(25-2)10-14(21)12-6-4-3-5-7-12/h3-7,13-15H,8-11H2,1-2H3,(H2,18,20,22,26). The Kier molecular flexibility index (Phi) is 8.29. The quantitative estimate of drug-likeness (QED) is 0.669. The van der Waals surface area contributed by atoms with E-state index in [1.165, 1.54) is 0 Å². The first kappa shape index (κ1) is 21.4. The third kappa shape index (κ3) is 6.06. The number of rotatable bonds is 6. The molecule has 10 heteroatoms. The van der Waals surface area contributed by atoms with E-state index in [4.69, 9.17) is 17.0 Å². The summed E-state index contributed by atoms with van der Waals surface area (Å²) in [7, 11) is 0.686. The maximum Gasteiger partial charge on any atom is 0.311 e. The van der Waals surface area contributed by atoms with Gasteiger partial charge >= 0.3 is 10.5 Å². The van der Waals surface area contributed by atoms with Gasteiger partial charge in [-0.15, -0.1) is 0 Å². The van der Waals surface area contributed by atoms with E-state index < -0.39 is 16.5 Å². The van der Waals surface area contributed by atoms with Crippen molar-refractivity contribution in [2.24, 2.45) is 4.36 Å². The van der Waals surface area contributed by atoms with Crippen molar-refractivity contribution in [3.05, 3.63) is 35.9 Å². The largest absolute Gasteiger partial charge is 0.381 e. The summed E-state index contributed by atoms with van der Waals surface area (Å²) in [4.78, 5) is 14.8. The van der Waals surface area contributed by atoms with Gasteiger partial charge in [-0.25, -0.2) is 0 Å². The zero-order valence-electron chi connectivity index (χ0n) is 15.3. The summed E-state index contributed by atoms with van der Waals surface area (Å²) in [6.45, 7) is 0.402. The highest BCUT2D eigenvalue weighted by atomic mass is 32.2. The average molecular weight is 413 g/mol. The van der Waals surface area contributed by atoms with Crippen molar-refractivity contribution < 1.29 is 17.9 Å². The van der Waals surface area contributed by atoms with E-state index in [9.17, 15) is 13.2 Å². The SMILES string of the molecule is CNC(=S)NC(=O)C(CN=S(=O)=O)N1CCC(OC)CC1c1ccccc1. The lowest BCUT2D eigenvalue weighted by Gasteiger charge is -2.42. The number of ether oxygens (including phenoxy) is 1. The molecule has 1 fully saturated rings. The number of nitrogens with zero attached hydrogens (tertiary/aromatic N) is 2. The molecule has 1 aromatic rings. The Bertz CT molecular complexity index is 777. The summed E-state index contributed by atoms with van der Waals surface area (Å²) >= 11 is 5.01. The Labute approximate surface area is 166 Å². The lowest BCUT2D eigenvalue weighted by Crippen LogP contribution is -2.55. The lowest BCUT2D eigenvalue weighted by atomic mass is 9.91. The molecule has 3 atom stereocenters. The molecule has 0 bridgehead atoms. The van der Waals surface area contributed by atoms with Gasteiger partial charge in [0.25, 0.3) is 0 Å². The highest BCUT2D eigenvalue weighted by molar-refractivity contribution is 7.80. The minimum Gasteiger partial charge on any atom is -0.381 e. The zero-order valence-corrected chi connectivity index (χ0v) is 16.9. The van der Waals surface area contributed by atoms with Crippen molar-refractivity contribution >= 4 is 33.7 Å². The van der Waals surface area contributed by atoms with E-state index in [-0.39, 0.29) is 29.7 Å². The van der Waals surface area contributed by atoms with Gasteiger partial charge in [0.1, 0.15) is 6.04 Å². The second-order valence-electron chi connectivity index (χ2n) is 6.16. The lowest BCUT2D eigenvalue weighted by molar-refractivity contribution is -0.127. The van der Waals surface area contributed by atoms with Crippen LogP contribution in [0.1, 0.15) is 24.4 Å². The van der Waals surface area contributed by atoms with Crippen LogP contribution in [0.3, 0.4) is 0 Å². The predicted molar refractivity (Wildman–Crippen MR) is 106 cm³/mol. The first-order valence-corrected chi connectivity index (χ1v) is 10.0. The van der Waals surface area contributed by atoms with Crippen LogP contribution in [-0.4, -0.2) is 63.7 Å².